The average Bonchev–Trinajstić information content (AvgIpc) is 2.77. The molecule has 7 nitrogen and oxygen atoms in total. The minimum Gasteiger partial charge on any atom is -0.352 e. The molecule has 2 atom stereocenters. The number of rotatable bonds is 5. The number of halogens is 1. The summed E-state index contributed by atoms with van der Waals surface area (Å²) in [5.41, 5.74) is 5.21. The number of sulfone groups is 1. The van der Waals surface area contributed by atoms with Gasteiger partial charge in [-0.3, -0.25) is 4.79 Å². The van der Waals surface area contributed by atoms with Gasteiger partial charge in [-0.05, 0) is 12.5 Å². The molecule has 4 N–H and O–H groups in total. The second-order valence-corrected chi connectivity index (χ2v) is 7.68. The van der Waals surface area contributed by atoms with Crippen molar-refractivity contribution in [2.24, 2.45) is 5.73 Å². The van der Waals surface area contributed by atoms with Crippen LogP contribution in [0.2, 0.25) is 0 Å². The van der Waals surface area contributed by atoms with E-state index in [-0.39, 0.29) is 23.5 Å². The summed E-state index contributed by atoms with van der Waals surface area (Å²) < 4.78 is 36.6. The first-order chi connectivity index (χ1) is 10.8. The van der Waals surface area contributed by atoms with Crippen molar-refractivity contribution in [2.75, 3.05) is 11.5 Å². The van der Waals surface area contributed by atoms with Gasteiger partial charge in [0.25, 0.3) is 0 Å². The van der Waals surface area contributed by atoms with E-state index in [1.807, 2.05) is 0 Å². The maximum Gasteiger partial charge on any atom is 0.312 e. The Labute approximate surface area is 133 Å². The van der Waals surface area contributed by atoms with Crippen LogP contribution in [0.3, 0.4) is 0 Å². The van der Waals surface area contributed by atoms with Crippen LogP contribution in [0.5, 0.6) is 0 Å². The molecule has 1 saturated heterocycles. The minimum atomic E-state index is -3.11. The van der Waals surface area contributed by atoms with Crippen LogP contribution in [0.25, 0.3) is 0 Å². The molecule has 1 aromatic rings. The number of carbonyl (C=O) groups excluding carboxylic acids is 2. The molecule has 1 aliphatic rings. The third-order valence-corrected chi connectivity index (χ3v) is 5.35. The van der Waals surface area contributed by atoms with Crippen LogP contribution >= 0.6 is 0 Å². The normalized spacial score (nSPS) is 20.7. The molecule has 0 aromatic heterocycles. The Balaban J connectivity index is 2.04. The summed E-state index contributed by atoms with van der Waals surface area (Å²) >= 11 is 0. The van der Waals surface area contributed by atoms with Crippen molar-refractivity contribution in [1.29, 1.82) is 0 Å². The lowest BCUT2D eigenvalue weighted by Crippen LogP contribution is -2.40. The summed E-state index contributed by atoms with van der Waals surface area (Å²) in [7, 11) is -3.11. The molecule has 0 spiro atoms. The number of hydrogen-bond donors (Lipinski definition) is 3. The van der Waals surface area contributed by atoms with E-state index in [1.54, 1.807) is 6.07 Å². The topological polar surface area (TPSA) is 118 Å². The molecule has 0 aliphatic carbocycles. The first-order valence-electron chi connectivity index (χ1n) is 7.07. The van der Waals surface area contributed by atoms with E-state index in [0.717, 1.165) is 0 Å². The van der Waals surface area contributed by atoms with Crippen LogP contribution in [0.15, 0.2) is 24.3 Å². The Kier molecular flexibility index (Phi) is 5.19. The monoisotopic (exact) mass is 343 g/mol. The maximum atomic E-state index is 13.8. The fourth-order valence-electron chi connectivity index (χ4n) is 2.55. The molecule has 1 fully saturated rings. The predicted octanol–water partition coefficient (Wildman–Crippen LogP) is 0.229. The van der Waals surface area contributed by atoms with Crippen molar-refractivity contribution in [2.45, 2.75) is 24.9 Å². The van der Waals surface area contributed by atoms with Gasteiger partial charge in [-0.2, -0.15) is 0 Å². The Hall–Kier alpha value is -2.16. The van der Waals surface area contributed by atoms with Crippen LogP contribution in [-0.2, 0) is 14.6 Å². The van der Waals surface area contributed by atoms with E-state index in [4.69, 9.17) is 5.73 Å². The number of hydrogen-bond acceptors (Lipinski definition) is 4. The van der Waals surface area contributed by atoms with Gasteiger partial charge in [0.2, 0.25) is 5.91 Å². The van der Waals surface area contributed by atoms with Gasteiger partial charge >= 0.3 is 6.03 Å². The molecule has 2 rings (SSSR count). The van der Waals surface area contributed by atoms with Crippen molar-refractivity contribution in [3.05, 3.63) is 35.6 Å². The SMILES string of the molecule is NC(=O)NC(CC(=O)NC1CCS(=O)(=O)C1)c1ccccc1F. The molecule has 126 valence electrons. The highest BCUT2D eigenvalue weighted by Gasteiger charge is 2.30. The van der Waals surface area contributed by atoms with Crippen molar-refractivity contribution >= 4 is 21.8 Å². The van der Waals surface area contributed by atoms with Crippen molar-refractivity contribution in [3.8, 4) is 0 Å². The van der Waals surface area contributed by atoms with E-state index in [1.165, 1.54) is 18.2 Å². The molecule has 0 bridgehead atoms. The van der Waals surface area contributed by atoms with Gasteiger partial charge in [-0.25, -0.2) is 17.6 Å². The molecular formula is C14H18FN3O4S. The summed E-state index contributed by atoms with van der Waals surface area (Å²) in [6, 6.07) is 3.47. The fraction of sp³-hybridized carbons (Fsp3) is 0.429. The van der Waals surface area contributed by atoms with E-state index in [2.05, 4.69) is 10.6 Å². The number of nitrogens with one attached hydrogen (secondary N) is 2. The zero-order chi connectivity index (χ0) is 17.0. The third-order valence-electron chi connectivity index (χ3n) is 3.58. The van der Waals surface area contributed by atoms with Gasteiger partial charge in [0.05, 0.1) is 24.0 Å². The van der Waals surface area contributed by atoms with E-state index in [0.29, 0.717) is 6.42 Å². The molecular weight excluding hydrogens is 325 g/mol. The first-order valence-corrected chi connectivity index (χ1v) is 8.89. The lowest BCUT2D eigenvalue weighted by Gasteiger charge is -2.19. The van der Waals surface area contributed by atoms with E-state index in [9.17, 15) is 22.4 Å². The first kappa shape index (κ1) is 17.2. The molecule has 1 heterocycles. The average molecular weight is 343 g/mol. The lowest BCUT2D eigenvalue weighted by molar-refractivity contribution is -0.122. The number of carbonyl (C=O) groups is 2. The quantitative estimate of drug-likeness (QED) is 0.709. The zero-order valence-corrected chi connectivity index (χ0v) is 13.1. The highest BCUT2D eigenvalue weighted by atomic mass is 32.2. The minimum absolute atomic E-state index is 0.0359. The summed E-state index contributed by atoms with van der Waals surface area (Å²) in [6.45, 7) is 0. The van der Waals surface area contributed by atoms with Gasteiger partial charge in [0.15, 0.2) is 9.84 Å². The molecule has 2 unspecified atom stereocenters. The molecule has 1 aliphatic heterocycles. The maximum absolute atomic E-state index is 13.8. The largest absolute Gasteiger partial charge is 0.352 e. The summed E-state index contributed by atoms with van der Waals surface area (Å²) in [4.78, 5) is 23.1. The fourth-order valence-corrected chi connectivity index (χ4v) is 4.22. The number of amides is 3. The highest BCUT2D eigenvalue weighted by Crippen LogP contribution is 2.20. The molecule has 3 amide bonds. The number of primary amides is 1. The van der Waals surface area contributed by atoms with Gasteiger partial charge in [0.1, 0.15) is 5.82 Å². The third kappa shape index (κ3) is 4.92. The van der Waals surface area contributed by atoms with Gasteiger partial charge in [0, 0.05) is 11.6 Å². The van der Waals surface area contributed by atoms with Gasteiger partial charge in [-0.1, -0.05) is 18.2 Å². The van der Waals surface area contributed by atoms with Crippen molar-refractivity contribution in [3.63, 3.8) is 0 Å². The number of nitrogens with two attached hydrogens (primary N) is 1. The number of benzene rings is 1. The van der Waals surface area contributed by atoms with Gasteiger partial charge in [-0.15, -0.1) is 0 Å². The summed E-state index contributed by atoms with van der Waals surface area (Å²) in [5, 5.41) is 4.92. The summed E-state index contributed by atoms with van der Waals surface area (Å²) in [5.74, 6) is -1.11. The van der Waals surface area contributed by atoms with Crippen LogP contribution < -0.4 is 16.4 Å². The second kappa shape index (κ2) is 6.95. The van der Waals surface area contributed by atoms with Gasteiger partial charge < -0.3 is 16.4 Å². The van der Waals surface area contributed by atoms with Crippen LogP contribution in [0, 0.1) is 5.82 Å². The molecule has 0 radical (unpaired) electrons. The molecule has 9 heteroatoms. The Morgan fingerprint density at radius 1 is 1.35 bits per heavy atom. The zero-order valence-electron chi connectivity index (χ0n) is 12.3. The van der Waals surface area contributed by atoms with Crippen molar-refractivity contribution < 1.29 is 22.4 Å². The smallest absolute Gasteiger partial charge is 0.312 e. The second-order valence-electron chi connectivity index (χ2n) is 5.45. The Morgan fingerprint density at radius 3 is 2.61 bits per heavy atom. The Bertz CT molecular complexity index is 708. The van der Waals surface area contributed by atoms with E-state index < -0.39 is 39.7 Å². The lowest BCUT2D eigenvalue weighted by atomic mass is 10.0. The Morgan fingerprint density at radius 2 is 2.04 bits per heavy atom. The molecule has 23 heavy (non-hydrogen) atoms. The standard InChI is InChI=1S/C14H18FN3O4S/c15-11-4-2-1-3-10(11)12(18-14(16)20)7-13(19)17-9-5-6-23(21,22)8-9/h1-4,9,12H,5-8H2,(H,17,19)(H3,16,18,20). The van der Waals surface area contributed by atoms with Crippen LogP contribution in [-0.4, -0.2) is 37.9 Å². The van der Waals surface area contributed by atoms with Crippen molar-refractivity contribution in [1.82, 2.24) is 10.6 Å². The highest BCUT2D eigenvalue weighted by molar-refractivity contribution is 7.91. The number of urea groups is 1. The summed E-state index contributed by atoms with van der Waals surface area (Å²) in [6.07, 6.45) is 0.113. The molecule has 1 aromatic carbocycles. The predicted molar refractivity (Wildman–Crippen MR) is 81.7 cm³/mol. The molecule has 0 saturated carbocycles. The van der Waals surface area contributed by atoms with Crippen LogP contribution in [0.1, 0.15) is 24.4 Å². The van der Waals surface area contributed by atoms with E-state index >= 15 is 0 Å². The van der Waals surface area contributed by atoms with Crippen LogP contribution in [0.4, 0.5) is 9.18 Å².